The minimum Gasteiger partial charge on any atom is -1.00 e. The van der Waals surface area contributed by atoms with Gasteiger partial charge in [-0.2, -0.15) is 0 Å². The Hall–Kier alpha value is -1.11. The second-order valence-corrected chi connectivity index (χ2v) is 6.56. The van der Waals surface area contributed by atoms with Gasteiger partial charge >= 0.3 is 18.9 Å². The molecular weight excluding hydrogens is 333 g/mol. The van der Waals surface area contributed by atoms with Gasteiger partial charge in [0.25, 0.3) is 0 Å². The van der Waals surface area contributed by atoms with E-state index in [1.165, 1.54) is 15.9 Å². The summed E-state index contributed by atoms with van der Waals surface area (Å²) in [6.07, 6.45) is 0. The van der Waals surface area contributed by atoms with Crippen LogP contribution in [-0.4, -0.2) is 24.2 Å². The van der Waals surface area contributed by atoms with E-state index in [-0.39, 0.29) is 37.6 Å². The number of carbonyl (C=O) groups is 1. The molecule has 0 heterocycles. The van der Waals surface area contributed by atoms with Crippen LogP contribution in [0.15, 0.2) is 91.0 Å². The van der Waals surface area contributed by atoms with Crippen LogP contribution in [0, 0.1) is 0 Å². The van der Waals surface area contributed by atoms with Crippen molar-refractivity contribution in [3.8, 4) is 0 Å². The van der Waals surface area contributed by atoms with Gasteiger partial charge in [0.05, 0.1) is 0 Å². The average Bonchev–Trinajstić information content (AvgIpc) is 2.68. The molecule has 0 saturated heterocycles. The van der Waals surface area contributed by atoms with E-state index in [9.17, 15) is 0 Å². The van der Waals surface area contributed by atoms with Gasteiger partial charge < -0.3 is 6.22 Å². The smallest absolute Gasteiger partial charge is 1.00 e. The van der Waals surface area contributed by atoms with Crippen molar-refractivity contribution in [3.05, 3.63) is 91.0 Å². The van der Waals surface area contributed by atoms with Crippen LogP contribution in [0.3, 0.4) is 0 Å². The Bertz CT molecular complexity index is 563. The van der Waals surface area contributed by atoms with E-state index in [0.717, 1.165) is 0 Å². The van der Waals surface area contributed by atoms with Crippen molar-refractivity contribution in [1.82, 2.24) is 0 Å². The molecular formula is C21H27AlLiOP. The van der Waals surface area contributed by atoms with Gasteiger partial charge in [-0.1, -0.05) is 105 Å². The maximum Gasteiger partial charge on any atom is 1.00 e. The van der Waals surface area contributed by atoms with Crippen LogP contribution in [0.4, 0.5) is 0 Å². The summed E-state index contributed by atoms with van der Waals surface area (Å²) in [6.45, 7) is 6.00. The molecule has 0 aliphatic carbocycles. The van der Waals surface area contributed by atoms with Gasteiger partial charge in [-0.15, -0.1) is 0 Å². The van der Waals surface area contributed by atoms with Gasteiger partial charge in [-0.25, -0.2) is 0 Å². The first-order chi connectivity index (χ1) is 11.4. The number of rotatable bonds is 3. The zero-order valence-electron chi connectivity index (χ0n) is 15.7. The van der Waals surface area contributed by atoms with Crippen molar-refractivity contribution in [2.75, 3.05) is 0 Å². The molecule has 1 nitrogen and oxygen atoms in total. The molecule has 126 valence electrons. The predicted octanol–water partition coefficient (Wildman–Crippen LogP) is 0.219. The fraction of sp³-hybridized carbons (Fsp3) is 0.0952. The third kappa shape index (κ3) is 8.21. The molecule has 25 heavy (non-hydrogen) atoms. The van der Waals surface area contributed by atoms with Crippen LogP contribution >= 0.6 is 7.92 Å². The van der Waals surface area contributed by atoms with Crippen molar-refractivity contribution in [3.63, 3.8) is 0 Å². The summed E-state index contributed by atoms with van der Waals surface area (Å²) in [5.74, 6) is 0. The van der Waals surface area contributed by atoms with Crippen molar-refractivity contribution >= 4 is 48.0 Å². The Morgan fingerprint density at radius 3 is 1.00 bits per heavy atom. The molecule has 0 radical (unpaired) electrons. The topological polar surface area (TPSA) is 17.1 Å². The molecule has 3 aromatic rings. The maximum atomic E-state index is 8.00. The summed E-state index contributed by atoms with van der Waals surface area (Å²) in [7, 11) is -0.446. The van der Waals surface area contributed by atoms with E-state index in [1.54, 1.807) is 0 Å². The molecule has 0 aromatic heterocycles. The first-order valence-electron chi connectivity index (χ1n) is 7.69. The summed E-state index contributed by atoms with van der Waals surface area (Å²) >= 11 is 0. The van der Waals surface area contributed by atoms with Gasteiger partial charge in [0.1, 0.15) is 6.79 Å². The molecule has 0 bridgehead atoms. The molecule has 0 aliphatic heterocycles. The fourth-order valence-electron chi connectivity index (χ4n) is 2.18. The van der Waals surface area contributed by atoms with E-state index in [1.807, 2.05) is 20.6 Å². The third-order valence-corrected chi connectivity index (χ3v) is 5.49. The van der Waals surface area contributed by atoms with Crippen LogP contribution in [0.1, 0.15) is 15.3 Å². The molecule has 3 aromatic carbocycles. The second kappa shape index (κ2) is 16.4. The number of benzene rings is 3. The standard InChI is InChI=1S/C18H15P.C2H6.CH2O.Al.Li.4H/c1-4-10-16(11-5-1)19(17-12-6-2-7-13-17)18-14-8-3-9-15-18;2*1-2;;;;;;/h1-15H;1-2H3;1H2;;;;;;/q;;;;+1;;;;-1. The van der Waals surface area contributed by atoms with Crippen LogP contribution in [0.25, 0.3) is 0 Å². The van der Waals surface area contributed by atoms with Gasteiger partial charge in [0.15, 0.2) is 17.4 Å². The summed E-state index contributed by atoms with van der Waals surface area (Å²) in [6, 6.07) is 32.3. The summed E-state index contributed by atoms with van der Waals surface area (Å²) in [5.41, 5.74) is 0. The Morgan fingerprint density at radius 2 is 0.800 bits per heavy atom. The van der Waals surface area contributed by atoms with Crippen molar-refractivity contribution in [1.29, 1.82) is 0 Å². The molecule has 3 rings (SSSR count). The third-order valence-electron chi connectivity index (χ3n) is 3.04. The molecule has 0 unspecified atom stereocenters. The zero-order chi connectivity index (χ0) is 16.9. The second-order valence-electron chi connectivity index (χ2n) is 4.34. The van der Waals surface area contributed by atoms with Crippen LogP contribution in [0.2, 0.25) is 0 Å². The van der Waals surface area contributed by atoms with Crippen LogP contribution in [0.5, 0.6) is 0 Å². The number of hydrogen-bond acceptors (Lipinski definition) is 1. The van der Waals surface area contributed by atoms with Crippen LogP contribution in [-0.2, 0) is 4.79 Å². The van der Waals surface area contributed by atoms with Gasteiger partial charge in [-0.3, -0.25) is 0 Å². The van der Waals surface area contributed by atoms with Crippen molar-refractivity contribution < 1.29 is 25.1 Å². The average molecular weight is 360 g/mol. The van der Waals surface area contributed by atoms with E-state index >= 15 is 0 Å². The summed E-state index contributed by atoms with van der Waals surface area (Å²) < 4.78 is 0. The number of hydrogen-bond donors (Lipinski definition) is 0. The first kappa shape index (κ1) is 26.1. The SMILES string of the molecule is C=O.CC.[AlH3].[H-].[Li+].c1ccc(P(c2ccccc2)c2ccccc2)cc1. The Labute approximate surface area is 177 Å². The van der Waals surface area contributed by atoms with E-state index < -0.39 is 7.92 Å². The fourth-order valence-corrected chi connectivity index (χ4v) is 4.48. The maximum absolute atomic E-state index is 8.00. The Kier molecular flexibility index (Phi) is 17.1. The largest absolute Gasteiger partial charge is 1.00 e. The van der Waals surface area contributed by atoms with E-state index in [0.29, 0.717) is 0 Å². The first-order valence-corrected chi connectivity index (χ1v) is 9.03. The van der Waals surface area contributed by atoms with Gasteiger partial charge in [-0.05, 0) is 23.8 Å². The Morgan fingerprint density at radius 1 is 0.600 bits per heavy atom. The molecule has 0 atom stereocenters. The van der Waals surface area contributed by atoms with Gasteiger partial charge in [0.2, 0.25) is 0 Å². The van der Waals surface area contributed by atoms with Crippen molar-refractivity contribution in [2.24, 2.45) is 0 Å². The molecule has 0 amide bonds. The summed E-state index contributed by atoms with van der Waals surface area (Å²) in [4.78, 5) is 8.00. The molecule has 0 spiro atoms. The van der Waals surface area contributed by atoms with Crippen molar-refractivity contribution in [2.45, 2.75) is 13.8 Å². The molecule has 0 N–H and O–H groups in total. The molecule has 4 heteroatoms. The number of carbonyl (C=O) groups excluding carboxylic acids is 1. The Balaban J connectivity index is -0.000000709. The normalized spacial score (nSPS) is 8.44. The monoisotopic (exact) mass is 360 g/mol. The molecule has 0 saturated carbocycles. The quantitative estimate of drug-likeness (QED) is 0.483. The minimum absolute atomic E-state index is 0. The summed E-state index contributed by atoms with van der Waals surface area (Å²) in [5, 5.41) is 4.19. The minimum atomic E-state index is -0.446. The van der Waals surface area contributed by atoms with E-state index in [2.05, 4.69) is 91.0 Å². The predicted molar refractivity (Wildman–Crippen MR) is 115 cm³/mol. The molecule has 0 aliphatic rings. The van der Waals surface area contributed by atoms with Crippen LogP contribution < -0.4 is 34.8 Å². The van der Waals surface area contributed by atoms with Gasteiger partial charge in [0, 0.05) is 0 Å². The zero-order valence-corrected chi connectivity index (χ0v) is 15.6. The van der Waals surface area contributed by atoms with E-state index in [4.69, 9.17) is 4.79 Å². The molecule has 0 fully saturated rings.